The molecule has 0 radical (unpaired) electrons. The van der Waals surface area contributed by atoms with Gasteiger partial charge in [-0.05, 0) is 61.1 Å². The molecule has 92 valence electrons. The predicted octanol–water partition coefficient (Wildman–Crippen LogP) is 2.78. The highest BCUT2D eigenvalue weighted by Gasteiger charge is 2.47. The molecule has 1 aromatic carbocycles. The molecule has 2 saturated carbocycles. The first kappa shape index (κ1) is 11.1. The third-order valence-corrected chi connectivity index (χ3v) is 4.86. The minimum Gasteiger partial charge on any atom is -0.496 e. The van der Waals surface area contributed by atoms with Crippen LogP contribution in [0.4, 0.5) is 0 Å². The normalized spacial score (nSPS) is 35.2. The van der Waals surface area contributed by atoms with Gasteiger partial charge in [-0.15, -0.1) is 0 Å². The summed E-state index contributed by atoms with van der Waals surface area (Å²) in [5.41, 5.74) is 7.39. The minimum absolute atomic E-state index is 0.634. The number of hydrogen-bond acceptors (Lipinski definition) is 2. The van der Waals surface area contributed by atoms with Crippen LogP contribution in [0.15, 0.2) is 24.3 Å². The Hall–Kier alpha value is -1.02. The van der Waals surface area contributed by atoms with Crippen molar-refractivity contribution in [2.24, 2.45) is 23.5 Å². The highest BCUT2D eigenvalue weighted by atomic mass is 16.5. The third-order valence-electron chi connectivity index (χ3n) is 4.86. The van der Waals surface area contributed by atoms with Crippen LogP contribution in [0.5, 0.6) is 5.75 Å². The standard InChI is InChI=1S/C15H21NO/c1-17-14-5-3-2-4-12(14)15-11-7-6-10(8-11)13(15)9-16/h2-5,10-11,13,15H,6-9,16H2,1H3/t10-,11+,13-,15+/m1/s1. The molecule has 2 nitrogen and oxygen atoms in total. The second-order valence-electron chi connectivity index (χ2n) is 5.50. The van der Waals surface area contributed by atoms with Gasteiger partial charge < -0.3 is 10.5 Å². The lowest BCUT2D eigenvalue weighted by Gasteiger charge is -2.31. The zero-order valence-corrected chi connectivity index (χ0v) is 10.4. The first-order valence-electron chi connectivity index (χ1n) is 6.68. The number of hydrogen-bond donors (Lipinski definition) is 1. The fourth-order valence-corrected chi connectivity index (χ4v) is 4.18. The summed E-state index contributed by atoms with van der Waals surface area (Å²) in [5.74, 6) is 4.05. The van der Waals surface area contributed by atoms with E-state index in [2.05, 4.69) is 18.2 Å². The minimum atomic E-state index is 0.634. The SMILES string of the molecule is COc1ccccc1[C@@H]1[C@H]2CC[C@H](C2)[C@H]1CN. The van der Waals surface area contributed by atoms with Crippen molar-refractivity contribution < 1.29 is 4.74 Å². The molecule has 17 heavy (non-hydrogen) atoms. The first-order chi connectivity index (χ1) is 8.35. The largest absolute Gasteiger partial charge is 0.496 e. The molecular weight excluding hydrogens is 210 g/mol. The van der Waals surface area contributed by atoms with Crippen molar-refractivity contribution in [3.05, 3.63) is 29.8 Å². The molecule has 0 heterocycles. The van der Waals surface area contributed by atoms with Gasteiger partial charge in [-0.2, -0.15) is 0 Å². The Balaban J connectivity index is 1.97. The summed E-state index contributed by atoms with van der Waals surface area (Å²) in [4.78, 5) is 0. The zero-order valence-electron chi connectivity index (χ0n) is 10.4. The fourth-order valence-electron chi connectivity index (χ4n) is 4.18. The Kier molecular flexibility index (Phi) is 2.83. The van der Waals surface area contributed by atoms with Crippen molar-refractivity contribution >= 4 is 0 Å². The molecule has 0 aliphatic heterocycles. The topological polar surface area (TPSA) is 35.2 Å². The Morgan fingerprint density at radius 3 is 2.76 bits per heavy atom. The maximum Gasteiger partial charge on any atom is 0.122 e. The summed E-state index contributed by atoms with van der Waals surface area (Å²) < 4.78 is 5.52. The molecule has 2 aliphatic rings. The van der Waals surface area contributed by atoms with Crippen LogP contribution in [-0.4, -0.2) is 13.7 Å². The maximum absolute atomic E-state index is 6.00. The van der Waals surface area contributed by atoms with Crippen molar-refractivity contribution in [1.82, 2.24) is 0 Å². The van der Waals surface area contributed by atoms with Gasteiger partial charge in [-0.1, -0.05) is 18.2 Å². The third kappa shape index (κ3) is 1.66. The molecule has 2 heteroatoms. The number of ether oxygens (including phenoxy) is 1. The van der Waals surface area contributed by atoms with Crippen LogP contribution in [0, 0.1) is 17.8 Å². The molecule has 0 aromatic heterocycles. The highest BCUT2D eigenvalue weighted by Crippen LogP contribution is 2.57. The Morgan fingerprint density at radius 2 is 2.00 bits per heavy atom. The van der Waals surface area contributed by atoms with Crippen molar-refractivity contribution in [2.75, 3.05) is 13.7 Å². The van der Waals surface area contributed by atoms with Crippen molar-refractivity contribution in [3.63, 3.8) is 0 Å². The Morgan fingerprint density at radius 1 is 1.24 bits per heavy atom. The van der Waals surface area contributed by atoms with E-state index in [9.17, 15) is 0 Å². The van der Waals surface area contributed by atoms with Gasteiger partial charge in [0.2, 0.25) is 0 Å². The summed E-state index contributed by atoms with van der Waals surface area (Å²) >= 11 is 0. The van der Waals surface area contributed by atoms with Crippen LogP contribution >= 0.6 is 0 Å². The van der Waals surface area contributed by atoms with Gasteiger partial charge in [0.25, 0.3) is 0 Å². The monoisotopic (exact) mass is 231 g/mol. The number of nitrogens with two attached hydrogens (primary N) is 1. The lowest BCUT2D eigenvalue weighted by Crippen LogP contribution is -2.27. The van der Waals surface area contributed by atoms with E-state index in [1.807, 2.05) is 6.07 Å². The zero-order chi connectivity index (χ0) is 11.8. The first-order valence-corrected chi connectivity index (χ1v) is 6.68. The van der Waals surface area contributed by atoms with E-state index in [4.69, 9.17) is 10.5 Å². The molecule has 1 aromatic rings. The van der Waals surface area contributed by atoms with Gasteiger partial charge in [-0.3, -0.25) is 0 Å². The molecule has 2 fully saturated rings. The van der Waals surface area contributed by atoms with E-state index in [1.165, 1.54) is 24.8 Å². The van der Waals surface area contributed by atoms with Gasteiger partial charge in [0.1, 0.15) is 5.75 Å². The van der Waals surface area contributed by atoms with Crippen LogP contribution < -0.4 is 10.5 Å². The van der Waals surface area contributed by atoms with E-state index in [0.717, 1.165) is 24.1 Å². The summed E-state index contributed by atoms with van der Waals surface area (Å²) in [6.45, 7) is 0.823. The Labute approximate surface area is 103 Å². The molecule has 3 rings (SSSR count). The molecule has 0 saturated heterocycles. The van der Waals surface area contributed by atoms with Crippen LogP contribution in [0.3, 0.4) is 0 Å². The second kappa shape index (κ2) is 4.34. The van der Waals surface area contributed by atoms with Crippen LogP contribution in [0.25, 0.3) is 0 Å². The molecule has 0 spiro atoms. The lowest BCUT2D eigenvalue weighted by atomic mass is 9.75. The molecular formula is C15H21NO. The molecule has 0 amide bonds. The lowest BCUT2D eigenvalue weighted by molar-refractivity contribution is 0.287. The molecule has 2 aliphatic carbocycles. The highest BCUT2D eigenvalue weighted by molar-refractivity contribution is 5.38. The molecule has 2 bridgehead atoms. The summed E-state index contributed by atoms with van der Waals surface area (Å²) in [6.07, 6.45) is 4.15. The average molecular weight is 231 g/mol. The van der Waals surface area contributed by atoms with E-state index in [-0.39, 0.29) is 0 Å². The molecule has 4 atom stereocenters. The number of methoxy groups -OCH3 is 1. The van der Waals surface area contributed by atoms with Crippen LogP contribution in [0.1, 0.15) is 30.7 Å². The van der Waals surface area contributed by atoms with Gasteiger partial charge >= 0.3 is 0 Å². The van der Waals surface area contributed by atoms with E-state index in [1.54, 1.807) is 7.11 Å². The van der Waals surface area contributed by atoms with Crippen LogP contribution in [0.2, 0.25) is 0 Å². The summed E-state index contributed by atoms with van der Waals surface area (Å²) in [5, 5.41) is 0. The average Bonchev–Trinajstić information content (AvgIpc) is 2.98. The quantitative estimate of drug-likeness (QED) is 0.868. The van der Waals surface area contributed by atoms with Crippen LogP contribution in [-0.2, 0) is 0 Å². The van der Waals surface area contributed by atoms with Crippen molar-refractivity contribution in [1.29, 1.82) is 0 Å². The summed E-state index contributed by atoms with van der Waals surface area (Å²) in [6, 6.07) is 8.48. The second-order valence-corrected chi connectivity index (χ2v) is 5.50. The van der Waals surface area contributed by atoms with Crippen molar-refractivity contribution in [3.8, 4) is 5.75 Å². The summed E-state index contributed by atoms with van der Waals surface area (Å²) in [7, 11) is 1.77. The van der Waals surface area contributed by atoms with E-state index in [0.29, 0.717) is 11.8 Å². The number of para-hydroxylation sites is 1. The van der Waals surface area contributed by atoms with E-state index >= 15 is 0 Å². The van der Waals surface area contributed by atoms with Gasteiger partial charge in [0.15, 0.2) is 0 Å². The predicted molar refractivity (Wildman–Crippen MR) is 69.1 cm³/mol. The van der Waals surface area contributed by atoms with E-state index < -0.39 is 0 Å². The fraction of sp³-hybridized carbons (Fsp3) is 0.600. The van der Waals surface area contributed by atoms with Gasteiger partial charge in [0, 0.05) is 0 Å². The van der Waals surface area contributed by atoms with Gasteiger partial charge in [-0.25, -0.2) is 0 Å². The number of benzene rings is 1. The number of fused-ring (bicyclic) bond motifs is 2. The number of rotatable bonds is 3. The molecule has 0 unspecified atom stereocenters. The van der Waals surface area contributed by atoms with Crippen molar-refractivity contribution in [2.45, 2.75) is 25.2 Å². The molecule has 2 N–H and O–H groups in total. The maximum atomic E-state index is 6.00. The van der Waals surface area contributed by atoms with Gasteiger partial charge in [0.05, 0.1) is 7.11 Å². The smallest absolute Gasteiger partial charge is 0.122 e. The Bertz CT molecular complexity index is 404.